The van der Waals surface area contributed by atoms with Crippen molar-refractivity contribution in [1.82, 2.24) is 14.8 Å². The normalized spacial score (nSPS) is 23.9. The molecule has 0 saturated carbocycles. The Balaban J connectivity index is 1.39. The second kappa shape index (κ2) is 10.1. The van der Waals surface area contributed by atoms with E-state index in [2.05, 4.69) is 5.32 Å². The maximum absolute atomic E-state index is 13.0. The SMILES string of the molecule is C[C@H]1CN(C(=O)Cn2cc(SCC(=O)NC[C@@H]3CCCO3)c3ccccc32)C[C@H](C)O1. The van der Waals surface area contributed by atoms with Crippen molar-refractivity contribution in [2.24, 2.45) is 0 Å². The predicted molar refractivity (Wildman–Crippen MR) is 121 cm³/mol. The summed E-state index contributed by atoms with van der Waals surface area (Å²) in [5.41, 5.74) is 1.01. The first kappa shape index (κ1) is 22.2. The number of rotatable bonds is 7. The van der Waals surface area contributed by atoms with Gasteiger partial charge in [0.1, 0.15) is 6.54 Å². The fourth-order valence-corrected chi connectivity index (χ4v) is 5.23. The lowest BCUT2D eigenvalue weighted by Gasteiger charge is -2.35. The van der Waals surface area contributed by atoms with Crippen molar-refractivity contribution in [2.45, 2.75) is 56.4 Å². The molecule has 2 aliphatic heterocycles. The standard InChI is InChI=1S/C23H31N3O4S/c1-16-11-26(12-17(2)30-16)23(28)14-25-13-21(19-7-3-4-8-20(19)25)31-15-22(27)24-10-18-6-5-9-29-18/h3-4,7-8,13,16-18H,5-6,9-12,14-15H2,1-2H3,(H,24,27)/t16-,17-,18-/m0/s1. The highest BCUT2D eigenvalue weighted by Gasteiger charge is 2.26. The molecule has 3 atom stereocenters. The Morgan fingerprint density at radius 2 is 1.97 bits per heavy atom. The largest absolute Gasteiger partial charge is 0.376 e. The summed E-state index contributed by atoms with van der Waals surface area (Å²) in [5, 5.41) is 4.03. The average Bonchev–Trinajstić information content (AvgIpc) is 3.38. The number of carbonyl (C=O) groups excluding carboxylic acids is 2. The summed E-state index contributed by atoms with van der Waals surface area (Å²) in [5.74, 6) is 0.436. The van der Waals surface area contributed by atoms with Crippen LogP contribution in [0.3, 0.4) is 0 Å². The van der Waals surface area contributed by atoms with Gasteiger partial charge in [0.05, 0.1) is 24.1 Å². The number of hydrogen-bond acceptors (Lipinski definition) is 5. The molecule has 1 N–H and O–H groups in total. The van der Waals surface area contributed by atoms with E-state index < -0.39 is 0 Å². The van der Waals surface area contributed by atoms with Crippen molar-refractivity contribution < 1.29 is 19.1 Å². The van der Waals surface area contributed by atoms with Crippen molar-refractivity contribution in [3.63, 3.8) is 0 Å². The van der Waals surface area contributed by atoms with E-state index in [1.165, 1.54) is 11.8 Å². The number of morpholine rings is 1. The highest BCUT2D eigenvalue weighted by atomic mass is 32.2. The minimum absolute atomic E-state index is 0.00435. The number of fused-ring (bicyclic) bond motifs is 1. The summed E-state index contributed by atoms with van der Waals surface area (Å²) in [4.78, 5) is 28.2. The molecule has 0 unspecified atom stereocenters. The first-order chi connectivity index (χ1) is 15.0. The summed E-state index contributed by atoms with van der Waals surface area (Å²) < 4.78 is 13.3. The van der Waals surface area contributed by atoms with Gasteiger partial charge in [0.25, 0.3) is 0 Å². The van der Waals surface area contributed by atoms with Crippen LogP contribution in [0.4, 0.5) is 0 Å². The third kappa shape index (κ3) is 5.61. The Morgan fingerprint density at radius 3 is 2.71 bits per heavy atom. The molecule has 0 aliphatic carbocycles. The Kier molecular flexibility index (Phi) is 7.20. The molecule has 1 aromatic carbocycles. The highest BCUT2D eigenvalue weighted by molar-refractivity contribution is 8.00. The van der Waals surface area contributed by atoms with Crippen LogP contribution >= 0.6 is 11.8 Å². The number of hydrogen-bond donors (Lipinski definition) is 1. The molecule has 168 valence electrons. The van der Waals surface area contributed by atoms with Crippen LogP contribution in [-0.2, 0) is 25.6 Å². The fraction of sp³-hybridized carbons (Fsp3) is 0.565. The molecule has 0 radical (unpaired) electrons. The van der Waals surface area contributed by atoms with E-state index in [9.17, 15) is 9.59 Å². The zero-order chi connectivity index (χ0) is 21.8. The summed E-state index contributed by atoms with van der Waals surface area (Å²) in [7, 11) is 0. The molecule has 4 rings (SSSR count). The van der Waals surface area contributed by atoms with E-state index in [1.807, 2.05) is 53.8 Å². The van der Waals surface area contributed by atoms with Crippen LogP contribution in [0.2, 0.25) is 0 Å². The van der Waals surface area contributed by atoms with E-state index in [4.69, 9.17) is 9.47 Å². The maximum Gasteiger partial charge on any atom is 0.242 e. The Morgan fingerprint density at radius 1 is 1.19 bits per heavy atom. The second-order valence-electron chi connectivity index (χ2n) is 8.42. The van der Waals surface area contributed by atoms with Gasteiger partial charge in [0.15, 0.2) is 0 Å². The van der Waals surface area contributed by atoms with Gasteiger partial charge in [-0.2, -0.15) is 0 Å². The number of aromatic nitrogens is 1. The Bertz CT molecular complexity index is 915. The van der Waals surface area contributed by atoms with Gasteiger partial charge in [-0.3, -0.25) is 9.59 Å². The fourth-order valence-electron chi connectivity index (χ4n) is 4.31. The molecule has 1 aromatic heterocycles. The monoisotopic (exact) mass is 445 g/mol. The third-order valence-electron chi connectivity index (χ3n) is 5.74. The van der Waals surface area contributed by atoms with E-state index in [0.717, 1.165) is 35.2 Å². The van der Waals surface area contributed by atoms with Crippen LogP contribution in [0.25, 0.3) is 10.9 Å². The number of nitrogens with zero attached hydrogens (tertiary/aromatic N) is 2. The summed E-state index contributed by atoms with van der Waals surface area (Å²) >= 11 is 1.51. The van der Waals surface area contributed by atoms with Crippen LogP contribution in [0.1, 0.15) is 26.7 Å². The number of benzene rings is 1. The molecule has 2 aliphatic rings. The predicted octanol–water partition coefficient (Wildman–Crippen LogP) is 2.66. The molecule has 2 amide bonds. The van der Waals surface area contributed by atoms with Crippen LogP contribution in [0, 0.1) is 0 Å². The van der Waals surface area contributed by atoms with E-state index in [1.54, 1.807) is 0 Å². The van der Waals surface area contributed by atoms with Gasteiger partial charge in [0, 0.05) is 48.2 Å². The van der Waals surface area contributed by atoms with E-state index >= 15 is 0 Å². The van der Waals surface area contributed by atoms with Crippen LogP contribution in [0.15, 0.2) is 35.4 Å². The van der Waals surface area contributed by atoms with Gasteiger partial charge in [-0.05, 0) is 32.8 Å². The smallest absolute Gasteiger partial charge is 0.242 e. The molecule has 2 fully saturated rings. The zero-order valence-corrected chi connectivity index (χ0v) is 19.0. The Hall–Kier alpha value is -2.03. The molecule has 2 aromatic rings. The lowest BCUT2D eigenvalue weighted by molar-refractivity contribution is -0.143. The number of carbonyl (C=O) groups is 2. The molecule has 8 heteroatoms. The number of thioether (sulfide) groups is 1. The van der Waals surface area contributed by atoms with Gasteiger partial charge in [-0.25, -0.2) is 0 Å². The van der Waals surface area contributed by atoms with Gasteiger partial charge >= 0.3 is 0 Å². The van der Waals surface area contributed by atoms with Crippen LogP contribution in [0.5, 0.6) is 0 Å². The average molecular weight is 446 g/mol. The van der Waals surface area contributed by atoms with E-state index in [-0.39, 0.29) is 36.7 Å². The molecule has 7 nitrogen and oxygen atoms in total. The number of amides is 2. The lowest BCUT2D eigenvalue weighted by atomic mass is 10.2. The Labute approximate surface area is 187 Å². The number of ether oxygens (including phenoxy) is 2. The minimum Gasteiger partial charge on any atom is -0.376 e. The van der Waals surface area contributed by atoms with Gasteiger partial charge in [-0.1, -0.05) is 18.2 Å². The number of para-hydroxylation sites is 1. The van der Waals surface area contributed by atoms with Crippen molar-refractivity contribution in [3.05, 3.63) is 30.5 Å². The lowest BCUT2D eigenvalue weighted by Crippen LogP contribution is -2.49. The third-order valence-corrected chi connectivity index (χ3v) is 6.78. The number of nitrogens with one attached hydrogen (secondary N) is 1. The van der Waals surface area contributed by atoms with Crippen molar-refractivity contribution in [3.8, 4) is 0 Å². The first-order valence-corrected chi connectivity index (χ1v) is 12.0. The second-order valence-corrected chi connectivity index (χ2v) is 9.44. The molecule has 3 heterocycles. The quantitative estimate of drug-likeness (QED) is 0.664. The van der Waals surface area contributed by atoms with Crippen molar-refractivity contribution in [1.29, 1.82) is 0 Å². The maximum atomic E-state index is 13.0. The topological polar surface area (TPSA) is 72.8 Å². The van der Waals surface area contributed by atoms with Gasteiger partial charge in [-0.15, -0.1) is 11.8 Å². The molecule has 31 heavy (non-hydrogen) atoms. The molecule has 0 bridgehead atoms. The van der Waals surface area contributed by atoms with Gasteiger partial charge in [0.2, 0.25) is 11.8 Å². The molecule has 2 saturated heterocycles. The summed E-state index contributed by atoms with van der Waals surface area (Å²) in [6, 6.07) is 8.03. The van der Waals surface area contributed by atoms with Crippen LogP contribution in [-0.4, -0.2) is 71.6 Å². The van der Waals surface area contributed by atoms with Gasteiger partial charge < -0.3 is 24.3 Å². The molecular formula is C23H31N3O4S. The minimum atomic E-state index is 0.00435. The molecule has 0 spiro atoms. The van der Waals surface area contributed by atoms with Crippen LogP contribution < -0.4 is 5.32 Å². The van der Waals surface area contributed by atoms with E-state index in [0.29, 0.717) is 25.4 Å². The molecular weight excluding hydrogens is 414 g/mol. The summed E-state index contributed by atoms with van der Waals surface area (Å²) in [6.07, 6.45) is 4.31. The highest BCUT2D eigenvalue weighted by Crippen LogP contribution is 2.30. The zero-order valence-electron chi connectivity index (χ0n) is 18.2. The first-order valence-electron chi connectivity index (χ1n) is 11.0. The summed E-state index contributed by atoms with van der Waals surface area (Å²) in [6.45, 7) is 6.89. The van der Waals surface area contributed by atoms with Crippen molar-refractivity contribution in [2.75, 3.05) is 32.0 Å². The van der Waals surface area contributed by atoms with Crippen molar-refractivity contribution >= 4 is 34.5 Å².